The van der Waals surface area contributed by atoms with Crippen LogP contribution in [0.3, 0.4) is 0 Å². The van der Waals surface area contributed by atoms with Crippen LogP contribution in [0.15, 0.2) is 35.3 Å². The fourth-order valence-corrected chi connectivity index (χ4v) is 3.53. The van der Waals surface area contributed by atoms with Gasteiger partial charge in [-0.2, -0.15) is 0 Å². The minimum atomic E-state index is -0.387. The summed E-state index contributed by atoms with van der Waals surface area (Å²) in [6, 6.07) is 8.67. The molecule has 2 N–H and O–H groups in total. The number of amides is 1. The largest absolute Gasteiger partial charge is 0.493 e. The standard InChI is InChI=1S/C23H28ClN3O5/c1-14-17(24)8-5-9-18(14)26-23(25-13-16-7-6-10-32-16)27-22(28)15-11-19(29-2)21(31-4)20(12-15)30-3/h5,8-9,11-12,16H,6-7,10,13H2,1-4H3,(H2,25,26,27,28)/t16-/m1/s1. The third kappa shape index (κ3) is 5.63. The molecule has 1 saturated heterocycles. The molecule has 172 valence electrons. The Hall–Kier alpha value is -2.97. The molecule has 0 spiro atoms. The first-order chi connectivity index (χ1) is 15.5. The Morgan fingerprint density at radius 2 is 1.91 bits per heavy atom. The summed E-state index contributed by atoms with van der Waals surface area (Å²) in [4.78, 5) is 17.7. The van der Waals surface area contributed by atoms with Crippen molar-refractivity contribution in [3.05, 3.63) is 46.5 Å². The number of nitrogens with zero attached hydrogens (tertiary/aromatic N) is 1. The number of hydrogen-bond donors (Lipinski definition) is 2. The summed E-state index contributed by atoms with van der Waals surface area (Å²) in [5, 5.41) is 6.64. The summed E-state index contributed by atoms with van der Waals surface area (Å²) in [5.41, 5.74) is 1.92. The Bertz CT molecular complexity index is 965. The van der Waals surface area contributed by atoms with Crippen LogP contribution in [-0.4, -0.2) is 52.5 Å². The van der Waals surface area contributed by atoms with E-state index in [9.17, 15) is 4.79 Å². The maximum absolute atomic E-state index is 13.1. The highest BCUT2D eigenvalue weighted by Crippen LogP contribution is 2.38. The number of anilines is 1. The van der Waals surface area contributed by atoms with Crippen molar-refractivity contribution in [2.24, 2.45) is 4.99 Å². The van der Waals surface area contributed by atoms with Crippen LogP contribution >= 0.6 is 11.6 Å². The monoisotopic (exact) mass is 461 g/mol. The SMILES string of the molecule is COc1cc(C(=O)NC(=NC[C@H]2CCCO2)Nc2cccc(Cl)c2C)cc(OC)c1OC. The molecule has 0 saturated carbocycles. The molecule has 2 aromatic rings. The van der Waals surface area contributed by atoms with E-state index in [1.807, 2.05) is 19.1 Å². The lowest BCUT2D eigenvalue weighted by atomic mass is 10.1. The van der Waals surface area contributed by atoms with Crippen molar-refractivity contribution in [1.82, 2.24) is 5.32 Å². The Balaban J connectivity index is 1.87. The molecule has 0 aliphatic carbocycles. The molecule has 32 heavy (non-hydrogen) atoms. The third-order valence-corrected chi connectivity index (χ3v) is 5.57. The number of hydrogen-bond acceptors (Lipinski definition) is 6. The zero-order valence-electron chi connectivity index (χ0n) is 18.7. The predicted molar refractivity (Wildman–Crippen MR) is 125 cm³/mol. The molecule has 0 unspecified atom stereocenters. The van der Waals surface area contributed by atoms with Gasteiger partial charge in [0.05, 0.1) is 34.0 Å². The van der Waals surface area contributed by atoms with Crippen LogP contribution in [0.25, 0.3) is 0 Å². The number of benzene rings is 2. The number of guanidine groups is 1. The van der Waals surface area contributed by atoms with E-state index in [1.165, 1.54) is 21.3 Å². The summed E-state index contributed by atoms with van der Waals surface area (Å²) in [6.45, 7) is 3.05. The normalized spacial score (nSPS) is 15.9. The van der Waals surface area contributed by atoms with E-state index in [1.54, 1.807) is 18.2 Å². The third-order valence-electron chi connectivity index (χ3n) is 5.16. The molecule has 0 bridgehead atoms. The van der Waals surface area contributed by atoms with E-state index >= 15 is 0 Å². The summed E-state index contributed by atoms with van der Waals surface area (Å²) in [7, 11) is 4.50. The molecule has 1 aliphatic rings. The van der Waals surface area contributed by atoms with Gasteiger partial charge >= 0.3 is 0 Å². The van der Waals surface area contributed by atoms with Crippen LogP contribution in [-0.2, 0) is 4.74 Å². The molecule has 1 amide bonds. The van der Waals surface area contributed by atoms with Crippen molar-refractivity contribution in [3.63, 3.8) is 0 Å². The summed E-state index contributed by atoms with van der Waals surface area (Å²) in [5.74, 6) is 1.08. The van der Waals surface area contributed by atoms with E-state index in [0.29, 0.717) is 40.3 Å². The number of nitrogens with one attached hydrogen (secondary N) is 2. The number of methoxy groups -OCH3 is 3. The van der Waals surface area contributed by atoms with Crippen molar-refractivity contribution in [2.75, 3.05) is 39.8 Å². The van der Waals surface area contributed by atoms with Gasteiger partial charge in [0.15, 0.2) is 11.5 Å². The van der Waals surface area contributed by atoms with Gasteiger partial charge in [-0.3, -0.25) is 10.1 Å². The van der Waals surface area contributed by atoms with Crippen molar-refractivity contribution < 1.29 is 23.7 Å². The average molecular weight is 462 g/mol. The fraction of sp³-hybridized carbons (Fsp3) is 0.391. The minimum Gasteiger partial charge on any atom is -0.493 e. The van der Waals surface area contributed by atoms with Gasteiger partial charge in [-0.05, 0) is 49.6 Å². The van der Waals surface area contributed by atoms with Gasteiger partial charge in [-0.15, -0.1) is 0 Å². The van der Waals surface area contributed by atoms with Crippen molar-refractivity contribution in [2.45, 2.75) is 25.9 Å². The molecule has 8 nitrogen and oxygen atoms in total. The van der Waals surface area contributed by atoms with Gasteiger partial charge < -0.3 is 24.3 Å². The molecule has 0 radical (unpaired) electrons. The molecule has 3 rings (SSSR count). The number of aliphatic imine (C=N–C) groups is 1. The van der Waals surface area contributed by atoms with Gasteiger partial charge in [0.25, 0.3) is 5.91 Å². The van der Waals surface area contributed by atoms with Crippen LogP contribution in [0.2, 0.25) is 5.02 Å². The highest BCUT2D eigenvalue weighted by molar-refractivity contribution is 6.31. The molecular weight excluding hydrogens is 434 g/mol. The molecule has 1 heterocycles. The Labute approximate surface area is 192 Å². The number of rotatable bonds is 7. The second-order valence-electron chi connectivity index (χ2n) is 7.23. The number of carbonyl (C=O) groups excluding carboxylic acids is 1. The van der Waals surface area contributed by atoms with Crippen molar-refractivity contribution in [3.8, 4) is 17.2 Å². The first kappa shape index (κ1) is 23.7. The lowest BCUT2D eigenvalue weighted by molar-refractivity contribution is 0.0974. The molecule has 2 aromatic carbocycles. The molecule has 1 atom stereocenters. The maximum Gasteiger partial charge on any atom is 0.258 e. The second kappa shape index (κ2) is 11.1. The van der Waals surface area contributed by atoms with E-state index in [-0.39, 0.29) is 12.0 Å². The molecular formula is C23H28ClN3O5. The van der Waals surface area contributed by atoms with E-state index in [2.05, 4.69) is 15.6 Å². The molecule has 0 aromatic heterocycles. The van der Waals surface area contributed by atoms with Gasteiger partial charge in [-0.1, -0.05) is 17.7 Å². The van der Waals surface area contributed by atoms with Gasteiger partial charge in [0, 0.05) is 22.9 Å². The van der Waals surface area contributed by atoms with Gasteiger partial charge in [-0.25, -0.2) is 4.99 Å². The Morgan fingerprint density at radius 1 is 1.19 bits per heavy atom. The van der Waals surface area contributed by atoms with Crippen LogP contribution in [0.5, 0.6) is 17.2 Å². The van der Waals surface area contributed by atoms with Crippen LogP contribution < -0.4 is 24.8 Å². The summed E-state index contributed by atoms with van der Waals surface area (Å²) < 4.78 is 21.7. The highest BCUT2D eigenvalue weighted by Gasteiger charge is 2.20. The lowest BCUT2D eigenvalue weighted by Gasteiger charge is -2.17. The zero-order chi connectivity index (χ0) is 23.1. The quantitative estimate of drug-likeness (QED) is 0.477. The van der Waals surface area contributed by atoms with Crippen molar-refractivity contribution >= 4 is 29.2 Å². The van der Waals surface area contributed by atoms with E-state index < -0.39 is 0 Å². The van der Waals surface area contributed by atoms with Crippen LogP contribution in [0.1, 0.15) is 28.8 Å². The second-order valence-corrected chi connectivity index (χ2v) is 7.64. The first-order valence-electron chi connectivity index (χ1n) is 10.3. The predicted octanol–water partition coefficient (Wildman–Crippen LogP) is 4.05. The summed E-state index contributed by atoms with van der Waals surface area (Å²) in [6.07, 6.45) is 1.98. The van der Waals surface area contributed by atoms with Gasteiger partial charge in [0.2, 0.25) is 11.7 Å². The first-order valence-corrected chi connectivity index (χ1v) is 10.6. The Kier molecular flexibility index (Phi) is 8.19. The lowest BCUT2D eigenvalue weighted by Crippen LogP contribution is -2.37. The molecule has 1 aliphatic heterocycles. The van der Waals surface area contributed by atoms with E-state index in [4.69, 9.17) is 30.5 Å². The number of halogens is 1. The zero-order valence-corrected chi connectivity index (χ0v) is 19.4. The van der Waals surface area contributed by atoms with E-state index in [0.717, 1.165) is 30.7 Å². The highest BCUT2D eigenvalue weighted by atomic mass is 35.5. The molecule has 9 heteroatoms. The average Bonchev–Trinajstić information content (AvgIpc) is 3.33. The van der Waals surface area contributed by atoms with Crippen molar-refractivity contribution in [1.29, 1.82) is 0 Å². The Morgan fingerprint density at radius 3 is 2.50 bits per heavy atom. The van der Waals surface area contributed by atoms with Gasteiger partial charge in [0.1, 0.15) is 0 Å². The molecule has 1 fully saturated rings. The van der Waals surface area contributed by atoms with Crippen LogP contribution in [0, 0.1) is 6.92 Å². The summed E-state index contributed by atoms with van der Waals surface area (Å²) >= 11 is 6.25. The smallest absolute Gasteiger partial charge is 0.258 e. The van der Waals surface area contributed by atoms with Crippen LogP contribution in [0.4, 0.5) is 5.69 Å². The maximum atomic E-state index is 13.1. The number of ether oxygens (including phenoxy) is 4. The number of carbonyl (C=O) groups is 1. The minimum absolute atomic E-state index is 0.0327. The fourth-order valence-electron chi connectivity index (χ4n) is 3.35. The topological polar surface area (TPSA) is 90.4 Å².